The monoisotopic (exact) mass is 341 g/mol. The largest absolute Gasteiger partial charge is 0.391 e. The minimum Gasteiger partial charge on any atom is -0.391 e. The SMILES string of the molecule is Cn1cnc(S(=O)(=O)N2CC[C@@H](O)[C@H]2c2ccc(Cl)cc2)c1. The van der Waals surface area contributed by atoms with Gasteiger partial charge in [-0.1, -0.05) is 23.7 Å². The van der Waals surface area contributed by atoms with Gasteiger partial charge in [0.1, 0.15) is 0 Å². The van der Waals surface area contributed by atoms with E-state index < -0.39 is 22.2 Å². The Kier molecular flexibility index (Phi) is 3.98. The summed E-state index contributed by atoms with van der Waals surface area (Å²) in [5, 5.41) is 10.8. The molecule has 22 heavy (non-hydrogen) atoms. The number of nitrogens with zero attached hydrogens (tertiary/aromatic N) is 3. The van der Waals surface area contributed by atoms with Gasteiger partial charge in [-0.2, -0.15) is 4.31 Å². The molecule has 1 aliphatic heterocycles. The maximum Gasteiger partial charge on any atom is 0.262 e. The van der Waals surface area contributed by atoms with Crippen LogP contribution in [0.5, 0.6) is 0 Å². The number of halogens is 1. The summed E-state index contributed by atoms with van der Waals surface area (Å²) in [6, 6.07) is 6.23. The summed E-state index contributed by atoms with van der Waals surface area (Å²) in [6.07, 6.45) is 2.54. The molecule has 1 saturated heterocycles. The summed E-state index contributed by atoms with van der Waals surface area (Å²) in [5.74, 6) is 0. The van der Waals surface area contributed by atoms with Crippen molar-refractivity contribution in [3.8, 4) is 0 Å². The molecule has 0 radical (unpaired) electrons. The molecule has 0 bridgehead atoms. The first-order valence-corrected chi connectivity index (χ1v) is 8.65. The van der Waals surface area contributed by atoms with Crippen molar-refractivity contribution in [1.82, 2.24) is 13.9 Å². The smallest absolute Gasteiger partial charge is 0.262 e. The van der Waals surface area contributed by atoms with E-state index in [9.17, 15) is 13.5 Å². The quantitative estimate of drug-likeness (QED) is 0.919. The highest BCUT2D eigenvalue weighted by molar-refractivity contribution is 7.89. The van der Waals surface area contributed by atoms with Gasteiger partial charge in [0.2, 0.25) is 0 Å². The maximum atomic E-state index is 12.8. The van der Waals surface area contributed by atoms with Gasteiger partial charge in [0.25, 0.3) is 10.0 Å². The van der Waals surface area contributed by atoms with Crippen LogP contribution in [0.25, 0.3) is 0 Å². The molecule has 8 heteroatoms. The van der Waals surface area contributed by atoms with Gasteiger partial charge in [-0.15, -0.1) is 0 Å². The van der Waals surface area contributed by atoms with Gasteiger partial charge in [0.15, 0.2) is 5.03 Å². The Morgan fingerprint density at radius 3 is 2.59 bits per heavy atom. The number of imidazole rings is 1. The molecule has 118 valence electrons. The van der Waals surface area contributed by atoms with Gasteiger partial charge in [0.05, 0.1) is 18.5 Å². The third-order valence-electron chi connectivity index (χ3n) is 3.79. The van der Waals surface area contributed by atoms with Crippen LogP contribution in [-0.4, -0.2) is 40.0 Å². The molecule has 0 spiro atoms. The van der Waals surface area contributed by atoms with E-state index in [0.29, 0.717) is 17.0 Å². The maximum absolute atomic E-state index is 12.8. The van der Waals surface area contributed by atoms with Crippen molar-refractivity contribution in [2.45, 2.75) is 23.6 Å². The number of rotatable bonds is 3. The van der Waals surface area contributed by atoms with Gasteiger partial charge in [-0.25, -0.2) is 13.4 Å². The zero-order chi connectivity index (χ0) is 15.9. The van der Waals surface area contributed by atoms with Gasteiger partial charge in [-0.3, -0.25) is 0 Å². The Hall–Kier alpha value is -1.41. The summed E-state index contributed by atoms with van der Waals surface area (Å²) in [5.41, 5.74) is 0.717. The third kappa shape index (κ3) is 2.65. The van der Waals surface area contributed by atoms with Crippen LogP contribution in [0.3, 0.4) is 0 Å². The zero-order valence-corrected chi connectivity index (χ0v) is 13.5. The predicted molar refractivity (Wildman–Crippen MR) is 81.9 cm³/mol. The van der Waals surface area contributed by atoms with Gasteiger partial charge in [-0.05, 0) is 24.1 Å². The summed E-state index contributed by atoms with van der Waals surface area (Å²) >= 11 is 5.87. The van der Waals surface area contributed by atoms with Gasteiger partial charge >= 0.3 is 0 Å². The molecule has 1 aromatic heterocycles. The molecule has 1 aromatic carbocycles. The molecule has 0 saturated carbocycles. The average molecular weight is 342 g/mol. The van der Waals surface area contributed by atoms with Gasteiger partial charge in [0, 0.05) is 24.8 Å². The molecule has 1 fully saturated rings. The highest BCUT2D eigenvalue weighted by Crippen LogP contribution is 2.36. The lowest BCUT2D eigenvalue weighted by atomic mass is 10.0. The Morgan fingerprint density at radius 2 is 2.00 bits per heavy atom. The molecule has 2 heterocycles. The van der Waals surface area contributed by atoms with Crippen LogP contribution in [-0.2, 0) is 17.1 Å². The topological polar surface area (TPSA) is 75.4 Å². The number of benzene rings is 1. The number of hydrogen-bond donors (Lipinski definition) is 1. The van der Waals surface area contributed by atoms with Crippen molar-refractivity contribution >= 4 is 21.6 Å². The van der Waals surface area contributed by atoms with Gasteiger partial charge < -0.3 is 9.67 Å². The molecular weight excluding hydrogens is 326 g/mol. The number of hydrogen-bond acceptors (Lipinski definition) is 4. The second-order valence-corrected chi connectivity index (χ2v) is 7.62. The second-order valence-electron chi connectivity index (χ2n) is 5.35. The first-order chi connectivity index (χ1) is 10.4. The fourth-order valence-corrected chi connectivity index (χ4v) is 4.46. The number of aromatic nitrogens is 2. The van der Waals surface area contributed by atoms with E-state index in [-0.39, 0.29) is 11.6 Å². The molecule has 6 nitrogen and oxygen atoms in total. The third-order valence-corrected chi connectivity index (χ3v) is 5.80. The Labute approximate surface area is 134 Å². The number of aliphatic hydroxyl groups excluding tert-OH is 1. The highest BCUT2D eigenvalue weighted by Gasteiger charge is 2.42. The van der Waals surface area contributed by atoms with Crippen LogP contribution in [0.4, 0.5) is 0 Å². The van der Waals surface area contributed by atoms with Crippen LogP contribution in [0.2, 0.25) is 5.02 Å². The van der Waals surface area contributed by atoms with Crippen LogP contribution in [0.1, 0.15) is 18.0 Å². The van der Waals surface area contributed by atoms with E-state index in [2.05, 4.69) is 4.98 Å². The number of aryl methyl sites for hydroxylation is 1. The lowest BCUT2D eigenvalue weighted by Crippen LogP contribution is -2.33. The summed E-state index contributed by atoms with van der Waals surface area (Å²) in [6.45, 7) is 0.257. The van der Waals surface area contributed by atoms with E-state index in [1.54, 1.807) is 35.9 Å². The van der Waals surface area contributed by atoms with Crippen molar-refractivity contribution in [3.63, 3.8) is 0 Å². The minimum absolute atomic E-state index is 0.0111. The predicted octanol–water partition coefficient (Wildman–Crippen LogP) is 1.57. The molecule has 1 aliphatic rings. The van der Waals surface area contributed by atoms with Crippen molar-refractivity contribution in [3.05, 3.63) is 47.4 Å². The normalized spacial score (nSPS) is 23.0. The van der Waals surface area contributed by atoms with Crippen LogP contribution in [0.15, 0.2) is 41.8 Å². The fraction of sp³-hybridized carbons (Fsp3) is 0.357. The molecule has 3 rings (SSSR count). The lowest BCUT2D eigenvalue weighted by molar-refractivity contribution is 0.142. The van der Waals surface area contributed by atoms with Crippen LogP contribution < -0.4 is 0 Å². The Bertz CT molecular complexity index is 773. The van der Waals surface area contributed by atoms with Crippen molar-refractivity contribution in [1.29, 1.82) is 0 Å². The Morgan fingerprint density at radius 1 is 1.32 bits per heavy atom. The van der Waals surface area contributed by atoms with E-state index in [0.717, 1.165) is 0 Å². The van der Waals surface area contributed by atoms with Crippen LogP contribution >= 0.6 is 11.6 Å². The first-order valence-electron chi connectivity index (χ1n) is 6.83. The molecule has 0 aliphatic carbocycles. The van der Waals surface area contributed by atoms with E-state index in [1.807, 2.05) is 0 Å². The van der Waals surface area contributed by atoms with Crippen molar-refractivity contribution < 1.29 is 13.5 Å². The summed E-state index contributed by atoms with van der Waals surface area (Å²) in [7, 11) is -2.04. The fourth-order valence-electron chi connectivity index (χ4n) is 2.71. The van der Waals surface area contributed by atoms with E-state index in [1.165, 1.54) is 16.8 Å². The van der Waals surface area contributed by atoms with Crippen molar-refractivity contribution in [2.24, 2.45) is 7.05 Å². The Balaban J connectivity index is 2.00. The molecule has 2 atom stereocenters. The highest BCUT2D eigenvalue weighted by atomic mass is 35.5. The number of sulfonamides is 1. The summed E-state index contributed by atoms with van der Waals surface area (Å²) in [4.78, 5) is 3.93. The summed E-state index contributed by atoms with van der Waals surface area (Å²) < 4.78 is 28.4. The molecule has 0 amide bonds. The minimum atomic E-state index is -3.75. The van der Waals surface area contributed by atoms with E-state index >= 15 is 0 Å². The second kappa shape index (κ2) is 5.66. The molecular formula is C14H16ClN3O3S. The first kappa shape index (κ1) is 15.5. The van der Waals surface area contributed by atoms with Crippen LogP contribution in [0, 0.1) is 0 Å². The lowest BCUT2D eigenvalue weighted by Gasteiger charge is -2.25. The molecule has 1 N–H and O–H groups in total. The van der Waals surface area contributed by atoms with Crippen molar-refractivity contribution in [2.75, 3.05) is 6.54 Å². The average Bonchev–Trinajstić information content (AvgIpc) is 3.07. The number of aliphatic hydroxyl groups is 1. The van der Waals surface area contributed by atoms with E-state index in [4.69, 9.17) is 11.6 Å². The molecule has 0 unspecified atom stereocenters. The molecule has 2 aromatic rings. The standard InChI is InChI=1S/C14H16ClN3O3S/c1-17-8-13(16-9-17)22(20,21)18-7-6-12(19)14(18)10-2-4-11(15)5-3-10/h2-5,8-9,12,14,19H,6-7H2,1H3/t12-,14-/m1/s1. The zero-order valence-electron chi connectivity index (χ0n) is 11.9.